The van der Waals surface area contributed by atoms with Crippen molar-refractivity contribution in [3.05, 3.63) is 24.3 Å². The number of nitrogens with zero attached hydrogens (tertiary/aromatic N) is 1. The molecule has 18 heavy (non-hydrogen) atoms. The number of benzene rings is 1. The summed E-state index contributed by atoms with van der Waals surface area (Å²) in [5, 5.41) is 1.54. The SMILES string of the molecule is CC(C)(C)CN1c2ccccc2PC1C(C)(C)C. The molecule has 2 unspecified atom stereocenters. The summed E-state index contributed by atoms with van der Waals surface area (Å²) in [7, 11) is 0.914. The minimum Gasteiger partial charge on any atom is -0.363 e. The molecule has 0 saturated heterocycles. The lowest BCUT2D eigenvalue weighted by molar-refractivity contribution is 0.339. The van der Waals surface area contributed by atoms with Gasteiger partial charge in [-0.15, -0.1) is 0 Å². The van der Waals surface area contributed by atoms with E-state index in [4.69, 9.17) is 0 Å². The number of anilines is 1. The van der Waals surface area contributed by atoms with E-state index in [0.29, 0.717) is 16.6 Å². The molecule has 1 heterocycles. The highest BCUT2D eigenvalue weighted by atomic mass is 31.1. The van der Waals surface area contributed by atoms with Crippen LogP contribution in [-0.4, -0.2) is 12.3 Å². The standard InChI is InChI=1S/C16H26NP/c1-15(2,3)11-17-12-9-7-8-10-13(12)18-14(17)16(4,5)6/h7-10,14,18H,11H2,1-6H3. The van der Waals surface area contributed by atoms with Crippen molar-refractivity contribution in [3.63, 3.8) is 0 Å². The summed E-state index contributed by atoms with van der Waals surface area (Å²) in [6.07, 6.45) is 0. The summed E-state index contributed by atoms with van der Waals surface area (Å²) < 4.78 is 0. The fourth-order valence-corrected chi connectivity index (χ4v) is 4.26. The molecule has 0 bridgehead atoms. The molecule has 1 aromatic carbocycles. The quantitative estimate of drug-likeness (QED) is 0.685. The van der Waals surface area contributed by atoms with Gasteiger partial charge in [-0.1, -0.05) is 68.3 Å². The lowest BCUT2D eigenvalue weighted by Gasteiger charge is -2.40. The maximum Gasteiger partial charge on any atom is 0.0550 e. The molecule has 1 aliphatic heterocycles. The molecule has 0 N–H and O–H groups in total. The summed E-state index contributed by atoms with van der Waals surface area (Å²) in [5.74, 6) is 0.647. The Kier molecular flexibility index (Phi) is 3.49. The molecule has 0 aliphatic carbocycles. The smallest absolute Gasteiger partial charge is 0.0550 e. The third kappa shape index (κ3) is 2.88. The van der Waals surface area contributed by atoms with Crippen molar-refractivity contribution in [2.45, 2.75) is 47.3 Å². The van der Waals surface area contributed by atoms with Crippen LogP contribution in [0.5, 0.6) is 0 Å². The van der Waals surface area contributed by atoms with Gasteiger partial charge in [-0.3, -0.25) is 0 Å². The van der Waals surface area contributed by atoms with Crippen LogP contribution in [-0.2, 0) is 0 Å². The van der Waals surface area contributed by atoms with Gasteiger partial charge in [-0.05, 0) is 22.2 Å². The monoisotopic (exact) mass is 263 g/mol. The normalized spacial score (nSPS) is 21.4. The molecule has 100 valence electrons. The van der Waals surface area contributed by atoms with E-state index in [1.807, 2.05) is 0 Å². The molecule has 0 fully saturated rings. The van der Waals surface area contributed by atoms with E-state index in [0.717, 1.165) is 15.1 Å². The fraction of sp³-hybridized carbons (Fsp3) is 0.625. The topological polar surface area (TPSA) is 3.24 Å². The molecule has 1 aromatic rings. The molecule has 0 spiro atoms. The highest BCUT2D eigenvalue weighted by Gasteiger charge is 2.38. The van der Waals surface area contributed by atoms with Crippen molar-refractivity contribution in [1.82, 2.24) is 0 Å². The average Bonchev–Trinajstić information content (AvgIpc) is 2.55. The molecule has 2 heteroatoms. The molecular weight excluding hydrogens is 237 g/mol. The molecule has 1 nitrogen and oxygen atoms in total. The minimum absolute atomic E-state index is 0.336. The zero-order valence-corrected chi connectivity index (χ0v) is 13.5. The second-order valence-corrected chi connectivity index (χ2v) is 8.99. The molecule has 2 rings (SSSR count). The van der Waals surface area contributed by atoms with Crippen LogP contribution in [0.25, 0.3) is 0 Å². The van der Waals surface area contributed by atoms with Gasteiger partial charge < -0.3 is 4.90 Å². The molecular formula is C16H26NP. The van der Waals surface area contributed by atoms with Gasteiger partial charge in [0.1, 0.15) is 0 Å². The van der Waals surface area contributed by atoms with Crippen LogP contribution in [0.15, 0.2) is 24.3 Å². The fourth-order valence-electron chi connectivity index (χ4n) is 2.58. The predicted molar refractivity (Wildman–Crippen MR) is 84.4 cm³/mol. The molecule has 0 amide bonds. The van der Waals surface area contributed by atoms with Gasteiger partial charge in [0.15, 0.2) is 0 Å². The largest absolute Gasteiger partial charge is 0.363 e. The van der Waals surface area contributed by atoms with Crippen LogP contribution in [0.1, 0.15) is 41.5 Å². The van der Waals surface area contributed by atoms with Gasteiger partial charge >= 0.3 is 0 Å². The van der Waals surface area contributed by atoms with Crippen LogP contribution in [0.4, 0.5) is 5.69 Å². The van der Waals surface area contributed by atoms with Gasteiger partial charge in [0.05, 0.1) is 5.78 Å². The summed E-state index contributed by atoms with van der Waals surface area (Å²) in [6.45, 7) is 15.2. The van der Waals surface area contributed by atoms with E-state index in [2.05, 4.69) is 70.7 Å². The van der Waals surface area contributed by atoms with Crippen molar-refractivity contribution in [1.29, 1.82) is 0 Å². The summed E-state index contributed by atoms with van der Waals surface area (Å²) in [5.41, 5.74) is 2.14. The van der Waals surface area contributed by atoms with Crippen LogP contribution in [0.3, 0.4) is 0 Å². The summed E-state index contributed by atoms with van der Waals surface area (Å²) >= 11 is 0. The van der Waals surface area contributed by atoms with Crippen molar-refractivity contribution >= 4 is 19.6 Å². The first-order valence-corrected chi connectivity index (χ1v) is 7.88. The van der Waals surface area contributed by atoms with Crippen molar-refractivity contribution < 1.29 is 0 Å². The Morgan fingerprint density at radius 3 is 2.22 bits per heavy atom. The number of hydrogen-bond acceptors (Lipinski definition) is 1. The Morgan fingerprint density at radius 1 is 1.06 bits per heavy atom. The molecule has 0 aromatic heterocycles. The number of para-hydroxylation sites is 1. The van der Waals surface area contributed by atoms with E-state index in [1.54, 1.807) is 5.30 Å². The third-order valence-corrected chi connectivity index (χ3v) is 5.47. The highest BCUT2D eigenvalue weighted by molar-refractivity contribution is 7.49. The maximum absolute atomic E-state index is 2.65. The summed E-state index contributed by atoms with van der Waals surface area (Å²) in [4.78, 5) is 2.65. The van der Waals surface area contributed by atoms with Gasteiger partial charge in [0.2, 0.25) is 0 Å². The summed E-state index contributed by atoms with van der Waals surface area (Å²) in [6, 6.07) is 8.94. The Bertz CT molecular complexity index is 425. The highest BCUT2D eigenvalue weighted by Crippen LogP contribution is 2.46. The number of fused-ring (bicyclic) bond motifs is 1. The molecule has 1 aliphatic rings. The van der Waals surface area contributed by atoms with Crippen LogP contribution in [0, 0.1) is 10.8 Å². The zero-order valence-electron chi connectivity index (χ0n) is 12.5. The third-order valence-electron chi connectivity index (χ3n) is 3.28. The van der Waals surface area contributed by atoms with E-state index in [-0.39, 0.29) is 0 Å². The Morgan fingerprint density at radius 2 is 1.67 bits per heavy atom. The van der Waals surface area contributed by atoms with Crippen molar-refractivity contribution in [3.8, 4) is 0 Å². The lowest BCUT2D eigenvalue weighted by atomic mass is 9.91. The second-order valence-electron chi connectivity index (χ2n) is 7.62. The molecule has 0 radical (unpaired) electrons. The van der Waals surface area contributed by atoms with Gasteiger partial charge in [0.25, 0.3) is 0 Å². The average molecular weight is 263 g/mol. The first kappa shape index (κ1) is 13.9. The number of hydrogen-bond donors (Lipinski definition) is 0. The minimum atomic E-state index is 0.336. The molecule has 0 saturated carbocycles. The van der Waals surface area contributed by atoms with Crippen molar-refractivity contribution in [2.24, 2.45) is 10.8 Å². The number of rotatable bonds is 1. The van der Waals surface area contributed by atoms with Crippen LogP contribution >= 0.6 is 8.58 Å². The van der Waals surface area contributed by atoms with Gasteiger partial charge in [-0.25, -0.2) is 0 Å². The zero-order chi connectivity index (χ0) is 13.6. The first-order chi connectivity index (χ1) is 8.18. The van der Waals surface area contributed by atoms with Gasteiger partial charge in [-0.2, -0.15) is 0 Å². The van der Waals surface area contributed by atoms with E-state index in [9.17, 15) is 0 Å². The van der Waals surface area contributed by atoms with Gasteiger partial charge in [0, 0.05) is 12.2 Å². The van der Waals surface area contributed by atoms with Crippen LogP contribution in [0.2, 0.25) is 0 Å². The maximum atomic E-state index is 2.65. The van der Waals surface area contributed by atoms with E-state index in [1.165, 1.54) is 5.69 Å². The first-order valence-electron chi connectivity index (χ1n) is 6.81. The Hall–Kier alpha value is -0.550. The van der Waals surface area contributed by atoms with E-state index >= 15 is 0 Å². The second kappa shape index (κ2) is 4.53. The Balaban J connectivity index is 2.36. The van der Waals surface area contributed by atoms with Crippen molar-refractivity contribution in [2.75, 3.05) is 11.4 Å². The van der Waals surface area contributed by atoms with E-state index < -0.39 is 0 Å². The molecule has 2 atom stereocenters. The van der Waals surface area contributed by atoms with Crippen LogP contribution < -0.4 is 10.2 Å². The Labute approximate surface area is 114 Å². The lowest BCUT2D eigenvalue weighted by Crippen LogP contribution is -2.42. The predicted octanol–water partition coefficient (Wildman–Crippen LogP) is 4.23.